The molecule has 2 aromatic carbocycles. The van der Waals surface area contributed by atoms with E-state index in [0.717, 1.165) is 0 Å². The van der Waals surface area contributed by atoms with Gasteiger partial charge in [-0.2, -0.15) is 5.10 Å². The number of rotatable bonds is 3. The van der Waals surface area contributed by atoms with Gasteiger partial charge in [-0.1, -0.05) is 24.3 Å². The molecule has 0 atom stereocenters. The SMILES string of the molecule is COc1ccccc1NC(=O)N1CCC2(CC1)Cc1nc(-c3cccc(F)c3)nn1CC(=O)N2. The second-order valence-electron chi connectivity index (χ2n) is 8.64. The average molecular weight is 465 g/mol. The van der Waals surface area contributed by atoms with Gasteiger partial charge in [0.05, 0.1) is 18.3 Å². The molecule has 2 N–H and O–H groups in total. The van der Waals surface area contributed by atoms with Crippen molar-refractivity contribution in [1.29, 1.82) is 0 Å². The van der Waals surface area contributed by atoms with Crippen LogP contribution in [0.2, 0.25) is 0 Å². The predicted molar refractivity (Wildman–Crippen MR) is 123 cm³/mol. The molecule has 3 amide bonds. The molecule has 3 aromatic rings. The zero-order valence-corrected chi connectivity index (χ0v) is 18.8. The summed E-state index contributed by atoms with van der Waals surface area (Å²) in [6.07, 6.45) is 1.66. The Hall–Kier alpha value is -3.95. The van der Waals surface area contributed by atoms with Crippen LogP contribution in [0.3, 0.4) is 0 Å². The van der Waals surface area contributed by atoms with Crippen LogP contribution in [0.4, 0.5) is 14.9 Å². The van der Waals surface area contributed by atoms with E-state index in [9.17, 15) is 14.0 Å². The molecule has 176 valence electrons. The molecule has 9 nitrogen and oxygen atoms in total. The van der Waals surface area contributed by atoms with Crippen LogP contribution in [0.25, 0.3) is 11.4 Å². The highest BCUT2D eigenvalue weighted by atomic mass is 19.1. The van der Waals surface area contributed by atoms with Crippen molar-refractivity contribution in [1.82, 2.24) is 25.0 Å². The van der Waals surface area contributed by atoms with Gasteiger partial charge in [0.1, 0.15) is 23.9 Å². The van der Waals surface area contributed by atoms with E-state index in [-0.39, 0.29) is 24.3 Å². The molecule has 0 aliphatic carbocycles. The second-order valence-corrected chi connectivity index (χ2v) is 8.64. The highest BCUT2D eigenvalue weighted by Gasteiger charge is 2.41. The Morgan fingerprint density at radius 1 is 1.18 bits per heavy atom. The molecule has 0 radical (unpaired) electrons. The lowest BCUT2D eigenvalue weighted by Gasteiger charge is -2.41. The number of halogens is 1. The maximum atomic E-state index is 13.7. The van der Waals surface area contributed by atoms with Crippen LogP contribution >= 0.6 is 0 Å². The number of nitrogens with one attached hydrogen (secondary N) is 2. The van der Waals surface area contributed by atoms with Crippen molar-refractivity contribution in [2.24, 2.45) is 0 Å². The molecule has 2 aliphatic rings. The van der Waals surface area contributed by atoms with Gasteiger partial charge in [-0.05, 0) is 37.1 Å². The molecule has 0 unspecified atom stereocenters. The van der Waals surface area contributed by atoms with E-state index in [0.29, 0.717) is 61.0 Å². The monoisotopic (exact) mass is 464 g/mol. The Morgan fingerprint density at radius 3 is 2.74 bits per heavy atom. The second kappa shape index (κ2) is 8.77. The Balaban J connectivity index is 1.30. The van der Waals surface area contributed by atoms with E-state index in [4.69, 9.17) is 4.74 Å². The van der Waals surface area contributed by atoms with Crippen molar-refractivity contribution in [3.8, 4) is 17.1 Å². The summed E-state index contributed by atoms with van der Waals surface area (Å²) in [5.41, 5.74) is 0.660. The van der Waals surface area contributed by atoms with Crippen molar-refractivity contribution in [2.75, 3.05) is 25.5 Å². The molecular formula is C24H25FN6O3. The lowest BCUT2D eigenvalue weighted by molar-refractivity contribution is -0.123. The van der Waals surface area contributed by atoms with Gasteiger partial charge in [0.25, 0.3) is 0 Å². The number of fused-ring (bicyclic) bond motifs is 1. The molecule has 5 rings (SSSR count). The summed E-state index contributed by atoms with van der Waals surface area (Å²) >= 11 is 0. The Labute approximate surface area is 195 Å². The average Bonchev–Trinajstić information content (AvgIpc) is 3.15. The fourth-order valence-corrected chi connectivity index (χ4v) is 4.58. The van der Waals surface area contributed by atoms with Crippen LogP contribution in [0.5, 0.6) is 5.75 Å². The number of likely N-dealkylation sites (tertiary alicyclic amines) is 1. The number of anilines is 1. The van der Waals surface area contributed by atoms with Gasteiger partial charge in [-0.3, -0.25) is 4.79 Å². The van der Waals surface area contributed by atoms with E-state index in [1.165, 1.54) is 12.1 Å². The number of aromatic nitrogens is 3. The smallest absolute Gasteiger partial charge is 0.321 e. The Bertz CT molecular complexity index is 1230. The molecule has 34 heavy (non-hydrogen) atoms. The summed E-state index contributed by atoms with van der Waals surface area (Å²) in [6, 6.07) is 13.1. The number of ether oxygens (including phenoxy) is 1. The third kappa shape index (κ3) is 4.30. The van der Waals surface area contributed by atoms with Crippen LogP contribution in [0, 0.1) is 5.82 Å². The van der Waals surface area contributed by atoms with Gasteiger partial charge in [0.2, 0.25) is 5.91 Å². The Kier molecular flexibility index (Phi) is 5.64. The highest BCUT2D eigenvalue weighted by molar-refractivity contribution is 5.91. The van der Waals surface area contributed by atoms with Crippen molar-refractivity contribution in [2.45, 2.75) is 31.3 Å². The van der Waals surface area contributed by atoms with Gasteiger partial charge in [-0.25, -0.2) is 18.9 Å². The maximum Gasteiger partial charge on any atom is 0.321 e. The molecule has 10 heteroatoms. The van der Waals surface area contributed by atoms with Crippen LogP contribution in [-0.4, -0.2) is 57.3 Å². The van der Waals surface area contributed by atoms with Crippen LogP contribution in [-0.2, 0) is 17.8 Å². The van der Waals surface area contributed by atoms with Crippen molar-refractivity contribution in [3.05, 3.63) is 60.2 Å². The van der Waals surface area contributed by atoms with E-state index >= 15 is 0 Å². The number of benzene rings is 2. The molecule has 2 aliphatic heterocycles. The van der Waals surface area contributed by atoms with Gasteiger partial charge < -0.3 is 20.3 Å². The summed E-state index contributed by atoms with van der Waals surface area (Å²) in [5.74, 6) is 1.14. The van der Waals surface area contributed by atoms with E-state index in [1.54, 1.807) is 41.0 Å². The van der Waals surface area contributed by atoms with Gasteiger partial charge in [0.15, 0.2) is 5.82 Å². The summed E-state index contributed by atoms with van der Waals surface area (Å²) < 4.78 is 20.6. The van der Waals surface area contributed by atoms with E-state index in [2.05, 4.69) is 20.7 Å². The number of urea groups is 1. The molecule has 1 saturated heterocycles. The fraction of sp³-hybridized carbons (Fsp3) is 0.333. The summed E-state index contributed by atoms with van der Waals surface area (Å²) in [5, 5.41) is 10.5. The minimum absolute atomic E-state index is 0.0530. The first-order chi connectivity index (χ1) is 16.4. The molecule has 0 bridgehead atoms. The first kappa shape index (κ1) is 21.9. The van der Waals surface area contributed by atoms with Crippen molar-refractivity contribution >= 4 is 17.6 Å². The van der Waals surface area contributed by atoms with Crippen molar-refractivity contribution < 1.29 is 18.7 Å². The van der Waals surface area contributed by atoms with Crippen molar-refractivity contribution in [3.63, 3.8) is 0 Å². The highest BCUT2D eigenvalue weighted by Crippen LogP contribution is 2.30. The number of methoxy groups -OCH3 is 1. The normalized spacial score (nSPS) is 17.0. The molecular weight excluding hydrogens is 439 g/mol. The molecule has 1 aromatic heterocycles. The molecule has 1 fully saturated rings. The first-order valence-electron chi connectivity index (χ1n) is 11.1. The Morgan fingerprint density at radius 2 is 1.97 bits per heavy atom. The van der Waals surface area contributed by atoms with Crippen LogP contribution < -0.4 is 15.4 Å². The zero-order valence-electron chi connectivity index (χ0n) is 18.8. The van der Waals surface area contributed by atoms with Gasteiger partial charge >= 0.3 is 6.03 Å². The number of nitrogens with zero attached hydrogens (tertiary/aromatic N) is 4. The molecule has 1 spiro atoms. The fourth-order valence-electron chi connectivity index (χ4n) is 4.58. The minimum Gasteiger partial charge on any atom is -0.495 e. The largest absolute Gasteiger partial charge is 0.495 e. The quantitative estimate of drug-likeness (QED) is 0.621. The van der Waals surface area contributed by atoms with Crippen LogP contribution in [0.1, 0.15) is 18.7 Å². The number of hydrogen-bond donors (Lipinski definition) is 2. The third-order valence-electron chi connectivity index (χ3n) is 6.38. The van der Waals surface area contributed by atoms with E-state index in [1.807, 2.05) is 12.1 Å². The summed E-state index contributed by atoms with van der Waals surface area (Å²) in [7, 11) is 1.56. The summed E-state index contributed by atoms with van der Waals surface area (Å²) in [4.78, 5) is 31.9. The maximum absolute atomic E-state index is 13.7. The number of piperidine rings is 1. The van der Waals surface area contributed by atoms with E-state index < -0.39 is 5.54 Å². The number of hydrogen-bond acceptors (Lipinski definition) is 5. The minimum atomic E-state index is -0.515. The zero-order chi connectivity index (χ0) is 23.7. The number of carbonyl (C=O) groups excluding carboxylic acids is 2. The lowest BCUT2D eigenvalue weighted by Crippen LogP contribution is -2.57. The summed E-state index contributed by atoms with van der Waals surface area (Å²) in [6.45, 7) is 1.01. The predicted octanol–water partition coefficient (Wildman–Crippen LogP) is 2.83. The first-order valence-corrected chi connectivity index (χ1v) is 11.1. The van der Waals surface area contributed by atoms with Gasteiger partial charge in [0, 0.05) is 25.1 Å². The number of carbonyl (C=O) groups is 2. The molecule has 0 saturated carbocycles. The number of amides is 3. The van der Waals surface area contributed by atoms with Crippen LogP contribution in [0.15, 0.2) is 48.5 Å². The lowest BCUT2D eigenvalue weighted by atomic mass is 9.84. The molecule has 3 heterocycles. The standard InChI is InChI=1S/C24H25FN6O3/c1-34-19-8-3-2-7-18(19)26-23(33)30-11-9-24(10-12-30)14-20-27-22(16-5-4-6-17(25)13-16)29-31(20)15-21(32)28-24/h2-8,13H,9-12,14-15H2,1H3,(H,26,33)(H,28,32). The number of para-hydroxylation sites is 2. The van der Waals surface area contributed by atoms with Gasteiger partial charge in [-0.15, -0.1) is 0 Å². The topological polar surface area (TPSA) is 101 Å². The third-order valence-corrected chi connectivity index (χ3v) is 6.38.